The minimum absolute atomic E-state index is 0.0218. The van der Waals surface area contributed by atoms with E-state index in [-0.39, 0.29) is 26.3 Å². The molecule has 0 unspecified atom stereocenters. The van der Waals surface area contributed by atoms with Crippen LogP contribution in [0.25, 0.3) is 0 Å². The van der Waals surface area contributed by atoms with E-state index in [1.165, 1.54) is 16.4 Å². The average Bonchev–Trinajstić information content (AvgIpc) is 3.14. The topological polar surface area (TPSA) is 84.3 Å². The Morgan fingerprint density at radius 2 is 1.71 bits per heavy atom. The predicted molar refractivity (Wildman–Crippen MR) is 143 cm³/mol. The Kier molecular flexibility index (Phi) is 8.37. The fourth-order valence-electron chi connectivity index (χ4n) is 3.71. The number of anilines is 1. The van der Waals surface area contributed by atoms with E-state index < -0.39 is 15.9 Å². The molecule has 0 saturated carbocycles. The normalized spacial score (nSPS) is 14.8. The average molecular weight is 641 g/mol. The molecule has 1 aromatic heterocycles. The maximum Gasteiger partial charge on any atom is 0.258 e. The lowest BCUT2D eigenvalue weighted by Gasteiger charge is -2.26. The third kappa shape index (κ3) is 5.98. The summed E-state index contributed by atoms with van der Waals surface area (Å²) in [6.45, 7) is 1.15. The molecule has 4 rings (SSSR count). The lowest BCUT2D eigenvalue weighted by molar-refractivity contribution is 0.102. The highest BCUT2D eigenvalue weighted by molar-refractivity contribution is 9.10. The third-order valence-corrected chi connectivity index (χ3v) is 9.34. The van der Waals surface area contributed by atoms with Crippen molar-refractivity contribution in [2.75, 3.05) is 18.4 Å². The zero-order valence-corrected chi connectivity index (χ0v) is 23.5. The molecule has 0 radical (unpaired) electrons. The van der Waals surface area contributed by atoms with Gasteiger partial charge in [-0.15, -0.1) is 0 Å². The van der Waals surface area contributed by atoms with E-state index >= 15 is 0 Å². The van der Waals surface area contributed by atoms with E-state index in [0.717, 1.165) is 24.8 Å². The van der Waals surface area contributed by atoms with Gasteiger partial charge in [0.1, 0.15) is 4.90 Å². The van der Waals surface area contributed by atoms with Crippen LogP contribution in [-0.4, -0.2) is 41.5 Å². The fraction of sp³-hybridized carbons (Fsp3) is 0.273. The molecule has 2 heterocycles. The molecule has 7 nitrogen and oxygen atoms in total. The molecule has 0 aliphatic carbocycles. The predicted octanol–water partition coefficient (Wildman–Crippen LogP) is 6.73. The molecule has 2 aromatic carbocycles. The molecule has 1 amide bonds. The summed E-state index contributed by atoms with van der Waals surface area (Å²) < 4.78 is 29.8. The highest BCUT2D eigenvalue weighted by Gasteiger charge is 2.30. The quantitative estimate of drug-likeness (QED) is 0.324. The van der Waals surface area contributed by atoms with Crippen LogP contribution in [0.1, 0.15) is 35.2 Å². The van der Waals surface area contributed by atoms with Crippen LogP contribution >= 0.6 is 62.3 Å². The molecule has 1 N–H and O–H groups in total. The van der Waals surface area contributed by atoms with Gasteiger partial charge >= 0.3 is 0 Å². The van der Waals surface area contributed by atoms with Crippen molar-refractivity contribution in [3.63, 3.8) is 0 Å². The largest absolute Gasteiger partial charge is 0.304 e. The molecule has 1 saturated heterocycles. The summed E-state index contributed by atoms with van der Waals surface area (Å²) in [7, 11) is -3.87. The van der Waals surface area contributed by atoms with E-state index in [0.29, 0.717) is 34.2 Å². The number of piperidine rings is 1. The number of carbonyl (C=O) groups is 1. The number of amides is 1. The fourth-order valence-corrected chi connectivity index (χ4v) is 6.94. The van der Waals surface area contributed by atoms with Crippen molar-refractivity contribution in [3.8, 4) is 0 Å². The standard InChI is InChI=1S/C22H19BrCl4N4O3S/c23-16-12-30(11-13-4-5-14(24)8-17(13)25)29-21(16)28-22(32)15-9-20(19(27)10-18(15)26)35(33,34)31-6-2-1-3-7-31/h4-5,8-10,12H,1-3,6-7,11H2,(H,28,29,32). The molecule has 13 heteroatoms. The molecular formula is C22H19BrCl4N4O3S. The summed E-state index contributed by atoms with van der Waals surface area (Å²) in [6.07, 6.45) is 4.20. The Labute approximate surface area is 231 Å². The van der Waals surface area contributed by atoms with E-state index in [2.05, 4.69) is 26.3 Å². The van der Waals surface area contributed by atoms with Crippen LogP contribution in [0.4, 0.5) is 5.82 Å². The van der Waals surface area contributed by atoms with E-state index in [9.17, 15) is 13.2 Å². The SMILES string of the molecule is O=C(Nc1nn(Cc2ccc(Cl)cc2Cl)cc1Br)c1cc(S(=O)(=O)N2CCCCC2)c(Cl)cc1Cl. The van der Waals surface area contributed by atoms with Crippen molar-refractivity contribution in [1.29, 1.82) is 0 Å². The van der Waals surface area contributed by atoms with Crippen LogP contribution in [0.15, 0.2) is 45.9 Å². The highest BCUT2D eigenvalue weighted by Crippen LogP contribution is 2.33. The lowest BCUT2D eigenvalue weighted by Crippen LogP contribution is -2.35. The molecule has 0 bridgehead atoms. The maximum absolute atomic E-state index is 13.2. The van der Waals surface area contributed by atoms with Crippen molar-refractivity contribution >= 4 is 84.1 Å². The van der Waals surface area contributed by atoms with Gasteiger partial charge in [-0.25, -0.2) is 8.42 Å². The minimum Gasteiger partial charge on any atom is -0.304 e. The Balaban J connectivity index is 1.58. The molecule has 0 atom stereocenters. The van der Waals surface area contributed by atoms with E-state index in [1.54, 1.807) is 29.1 Å². The molecular weight excluding hydrogens is 622 g/mol. The number of rotatable bonds is 6. The molecule has 186 valence electrons. The van der Waals surface area contributed by atoms with Crippen molar-refractivity contribution in [3.05, 3.63) is 72.2 Å². The number of nitrogens with zero attached hydrogens (tertiary/aromatic N) is 3. The van der Waals surface area contributed by atoms with Crippen LogP contribution < -0.4 is 5.32 Å². The molecule has 0 spiro atoms. The van der Waals surface area contributed by atoms with Crippen LogP contribution in [-0.2, 0) is 16.6 Å². The second kappa shape index (κ2) is 11.0. The summed E-state index contributed by atoms with van der Waals surface area (Å²) in [5.41, 5.74) is 0.756. The van der Waals surface area contributed by atoms with Gasteiger partial charge in [-0.3, -0.25) is 9.48 Å². The monoisotopic (exact) mass is 638 g/mol. The van der Waals surface area contributed by atoms with Gasteiger partial charge in [0.25, 0.3) is 5.91 Å². The molecule has 1 aliphatic heterocycles. The van der Waals surface area contributed by atoms with Gasteiger partial charge in [-0.2, -0.15) is 9.40 Å². The first kappa shape index (κ1) is 26.7. The first-order valence-electron chi connectivity index (χ1n) is 10.5. The Morgan fingerprint density at radius 3 is 2.40 bits per heavy atom. The van der Waals surface area contributed by atoms with Crippen molar-refractivity contribution < 1.29 is 13.2 Å². The van der Waals surface area contributed by atoms with Gasteiger partial charge in [0, 0.05) is 29.3 Å². The zero-order chi connectivity index (χ0) is 25.3. The number of nitrogens with one attached hydrogen (secondary N) is 1. The summed E-state index contributed by atoms with van der Waals surface area (Å²) >= 11 is 28.1. The highest BCUT2D eigenvalue weighted by atomic mass is 79.9. The number of hydrogen-bond acceptors (Lipinski definition) is 4. The minimum atomic E-state index is -3.87. The van der Waals surface area contributed by atoms with E-state index in [1.807, 2.05) is 0 Å². The number of aromatic nitrogens is 2. The van der Waals surface area contributed by atoms with Gasteiger partial charge in [0.2, 0.25) is 10.0 Å². The van der Waals surface area contributed by atoms with Gasteiger partial charge in [-0.1, -0.05) is 58.9 Å². The van der Waals surface area contributed by atoms with Crippen LogP contribution in [0, 0.1) is 0 Å². The Morgan fingerprint density at radius 1 is 1.00 bits per heavy atom. The molecule has 1 aliphatic rings. The van der Waals surface area contributed by atoms with Gasteiger partial charge in [0.05, 0.1) is 26.6 Å². The van der Waals surface area contributed by atoms with Crippen LogP contribution in [0.3, 0.4) is 0 Å². The van der Waals surface area contributed by atoms with Crippen molar-refractivity contribution in [2.24, 2.45) is 0 Å². The van der Waals surface area contributed by atoms with E-state index in [4.69, 9.17) is 46.4 Å². The number of carbonyl (C=O) groups excluding carboxylic acids is 1. The number of sulfonamides is 1. The summed E-state index contributed by atoms with van der Waals surface area (Å²) in [6, 6.07) is 7.63. The van der Waals surface area contributed by atoms with Crippen LogP contribution in [0.5, 0.6) is 0 Å². The number of halogens is 5. The second-order valence-corrected chi connectivity index (χ2v) is 12.4. The first-order chi connectivity index (χ1) is 16.6. The van der Waals surface area contributed by atoms with Gasteiger partial charge in [0.15, 0.2) is 5.82 Å². The third-order valence-electron chi connectivity index (χ3n) is 5.50. The molecule has 1 fully saturated rings. The Hall–Kier alpha value is -1.33. The smallest absolute Gasteiger partial charge is 0.258 e. The number of hydrogen-bond donors (Lipinski definition) is 1. The summed E-state index contributed by atoms with van der Waals surface area (Å²) in [5, 5.41) is 8.04. The molecule has 3 aromatic rings. The van der Waals surface area contributed by atoms with Gasteiger partial charge in [-0.05, 0) is 58.6 Å². The summed E-state index contributed by atoms with van der Waals surface area (Å²) in [5.74, 6) is -0.399. The molecule has 35 heavy (non-hydrogen) atoms. The Bertz CT molecular complexity index is 1390. The zero-order valence-electron chi connectivity index (χ0n) is 18.1. The first-order valence-corrected chi connectivity index (χ1v) is 14.3. The van der Waals surface area contributed by atoms with Crippen LogP contribution in [0.2, 0.25) is 20.1 Å². The number of benzene rings is 2. The summed E-state index contributed by atoms with van der Waals surface area (Å²) in [4.78, 5) is 12.9. The van der Waals surface area contributed by atoms with Crippen molar-refractivity contribution in [1.82, 2.24) is 14.1 Å². The van der Waals surface area contributed by atoms with Gasteiger partial charge < -0.3 is 5.32 Å². The lowest BCUT2D eigenvalue weighted by atomic mass is 10.2. The second-order valence-electron chi connectivity index (χ2n) is 7.94. The maximum atomic E-state index is 13.2. The van der Waals surface area contributed by atoms with Crippen molar-refractivity contribution in [2.45, 2.75) is 30.7 Å².